The molecule has 3 N–H and O–H groups in total. The molecule has 142 valence electrons. The number of ether oxygens (including phenoxy) is 3. The van der Waals surface area contributed by atoms with Crippen LogP contribution in [0, 0.1) is 11.3 Å². The second-order valence-corrected chi connectivity index (χ2v) is 5.72. The van der Waals surface area contributed by atoms with Crippen LogP contribution in [0.1, 0.15) is 36.6 Å². The smallest absolute Gasteiger partial charge is 0.387 e. The van der Waals surface area contributed by atoms with Crippen LogP contribution in [0.15, 0.2) is 29.7 Å². The quantitative estimate of drug-likeness (QED) is 0.802. The zero-order valence-corrected chi connectivity index (χ0v) is 14.8. The number of hydrogen-bond donors (Lipinski definition) is 2. The second kappa shape index (κ2) is 7.53. The molecule has 1 aromatic heterocycles. The molecule has 9 heteroatoms. The normalized spacial score (nSPS) is 15.9. The molecule has 0 amide bonds. The molecule has 0 radical (unpaired) electrons. The number of hydrogen-bond acceptors (Lipinski definition) is 6. The van der Waals surface area contributed by atoms with Gasteiger partial charge in [0, 0.05) is 11.3 Å². The maximum absolute atomic E-state index is 12.6. The standard InChI is InChI=1S/C18H18F2N4O3/c1-3-11-15-14(10(8-21)16(22)27-17(15)24-23-11)9-5-6-12(26-18(19)20)13(7-9)25-4-2/h5-7,14,18H,3-4,22H2,1-2H3,(H,23,24)/t14-/m0/s1. The Bertz CT molecular complexity index is 918. The molecule has 0 spiro atoms. The van der Waals surface area contributed by atoms with Crippen LogP contribution in [0.25, 0.3) is 0 Å². The average molecular weight is 376 g/mol. The maximum atomic E-state index is 12.6. The fraction of sp³-hybridized carbons (Fsp3) is 0.333. The highest BCUT2D eigenvalue weighted by atomic mass is 19.3. The molecule has 0 fully saturated rings. The van der Waals surface area contributed by atoms with Gasteiger partial charge in [0.2, 0.25) is 11.8 Å². The van der Waals surface area contributed by atoms with Gasteiger partial charge in [-0.25, -0.2) is 0 Å². The topological polar surface area (TPSA) is 106 Å². The minimum Gasteiger partial charge on any atom is -0.490 e. The molecule has 2 heterocycles. The van der Waals surface area contributed by atoms with Crippen LogP contribution in [-0.4, -0.2) is 23.4 Å². The summed E-state index contributed by atoms with van der Waals surface area (Å²) in [6.07, 6.45) is 0.631. The molecule has 1 aromatic carbocycles. The third-order valence-corrected chi connectivity index (χ3v) is 4.19. The Labute approximate surface area is 154 Å². The highest BCUT2D eigenvalue weighted by Crippen LogP contribution is 2.44. The molecular weight excluding hydrogens is 358 g/mol. The predicted octanol–water partition coefficient (Wildman–Crippen LogP) is 3.19. The number of rotatable bonds is 6. The highest BCUT2D eigenvalue weighted by Gasteiger charge is 2.35. The van der Waals surface area contributed by atoms with Gasteiger partial charge in [0.1, 0.15) is 11.6 Å². The molecule has 7 nitrogen and oxygen atoms in total. The molecule has 1 aliphatic rings. The van der Waals surface area contributed by atoms with Crippen LogP contribution in [0.2, 0.25) is 0 Å². The number of aryl methyl sites for hydroxylation is 1. The summed E-state index contributed by atoms with van der Waals surface area (Å²) in [4.78, 5) is 0. The van der Waals surface area contributed by atoms with E-state index < -0.39 is 12.5 Å². The van der Waals surface area contributed by atoms with E-state index in [0.717, 1.165) is 5.69 Å². The Morgan fingerprint density at radius 3 is 2.78 bits per heavy atom. The van der Waals surface area contributed by atoms with Crippen LogP contribution < -0.4 is 19.9 Å². The maximum Gasteiger partial charge on any atom is 0.387 e. The van der Waals surface area contributed by atoms with Gasteiger partial charge in [0.25, 0.3) is 0 Å². The highest BCUT2D eigenvalue weighted by molar-refractivity contribution is 5.57. The van der Waals surface area contributed by atoms with Crippen LogP contribution in [0.3, 0.4) is 0 Å². The van der Waals surface area contributed by atoms with Crippen molar-refractivity contribution < 1.29 is 23.0 Å². The number of aromatic amines is 1. The van der Waals surface area contributed by atoms with E-state index in [9.17, 15) is 14.0 Å². The van der Waals surface area contributed by atoms with E-state index in [4.69, 9.17) is 15.2 Å². The molecule has 0 aliphatic carbocycles. The molecule has 0 unspecified atom stereocenters. The van der Waals surface area contributed by atoms with Crippen molar-refractivity contribution in [3.63, 3.8) is 0 Å². The van der Waals surface area contributed by atoms with Gasteiger partial charge in [-0.3, -0.25) is 5.10 Å². The van der Waals surface area contributed by atoms with E-state index in [0.29, 0.717) is 23.4 Å². The largest absolute Gasteiger partial charge is 0.490 e. The molecule has 1 atom stereocenters. The lowest BCUT2D eigenvalue weighted by atomic mass is 9.83. The Balaban J connectivity index is 2.15. The van der Waals surface area contributed by atoms with Gasteiger partial charge in [-0.1, -0.05) is 13.0 Å². The minimum absolute atomic E-state index is 0.0463. The first kappa shape index (κ1) is 18.5. The lowest BCUT2D eigenvalue weighted by molar-refractivity contribution is -0.0514. The lowest BCUT2D eigenvalue weighted by Gasteiger charge is -2.24. The average Bonchev–Trinajstić information content (AvgIpc) is 3.04. The van der Waals surface area contributed by atoms with Gasteiger partial charge in [0.05, 0.1) is 12.5 Å². The second-order valence-electron chi connectivity index (χ2n) is 5.72. The number of nitriles is 1. The predicted molar refractivity (Wildman–Crippen MR) is 91.5 cm³/mol. The van der Waals surface area contributed by atoms with Gasteiger partial charge >= 0.3 is 6.61 Å². The van der Waals surface area contributed by atoms with E-state index in [-0.39, 0.29) is 29.6 Å². The van der Waals surface area contributed by atoms with Crippen molar-refractivity contribution in [2.45, 2.75) is 32.8 Å². The van der Waals surface area contributed by atoms with Crippen molar-refractivity contribution in [2.24, 2.45) is 5.73 Å². The summed E-state index contributed by atoms with van der Waals surface area (Å²) in [6.45, 7) is 0.950. The number of H-pyrrole nitrogens is 1. The Morgan fingerprint density at radius 2 is 2.15 bits per heavy atom. The minimum atomic E-state index is -2.98. The zero-order valence-electron chi connectivity index (χ0n) is 14.8. The SMILES string of the molecule is CCOc1cc([C@H]2C(C#N)=C(N)Oc3n[nH]c(CC)c32)ccc1OC(F)F. The molecular formula is C18H18F2N4O3. The number of nitrogens with two attached hydrogens (primary N) is 1. The van der Waals surface area contributed by atoms with Crippen molar-refractivity contribution in [3.8, 4) is 23.4 Å². The number of alkyl halides is 2. The first-order valence-corrected chi connectivity index (χ1v) is 8.36. The summed E-state index contributed by atoms with van der Waals surface area (Å²) in [6, 6.07) is 6.63. The van der Waals surface area contributed by atoms with Gasteiger partial charge in [0.15, 0.2) is 11.5 Å². The van der Waals surface area contributed by atoms with Crippen LogP contribution >= 0.6 is 0 Å². The number of benzene rings is 1. The molecule has 1 aliphatic heterocycles. The zero-order chi connectivity index (χ0) is 19.6. The fourth-order valence-corrected chi connectivity index (χ4v) is 3.08. The van der Waals surface area contributed by atoms with Crippen molar-refractivity contribution in [1.29, 1.82) is 5.26 Å². The summed E-state index contributed by atoms with van der Waals surface area (Å²) >= 11 is 0. The molecule has 2 aromatic rings. The summed E-state index contributed by atoms with van der Waals surface area (Å²) in [7, 11) is 0. The number of halogens is 2. The molecule has 3 rings (SSSR count). The summed E-state index contributed by atoms with van der Waals surface area (Å²) < 4.78 is 40.7. The van der Waals surface area contributed by atoms with Crippen LogP contribution in [-0.2, 0) is 6.42 Å². The summed E-state index contributed by atoms with van der Waals surface area (Å²) in [5, 5.41) is 16.6. The number of aromatic nitrogens is 2. The van der Waals surface area contributed by atoms with Gasteiger partial charge in [-0.05, 0) is 31.0 Å². The Kier molecular flexibility index (Phi) is 5.16. The first-order valence-electron chi connectivity index (χ1n) is 8.36. The lowest BCUT2D eigenvalue weighted by Crippen LogP contribution is -2.21. The van der Waals surface area contributed by atoms with Gasteiger partial charge in [-0.15, -0.1) is 5.10 Å². The number of nitrogens with one attached hydrogen (secondary N) is 1. The van der Waals surface area contributed by atoms with E-state index in [1.54, 1.807) is 19.1 Å². The Morgan fingerprint density at radius 1 is 1.37 bits per heavy atom. The molecule has 0 saturated heterocycles. The molecule has 0 saturated carbocycles. The number of allylic oxidation sites excluding steroid dienone is 1. The van der Waals surface area contributed by atoms with Gasteiger partial charge < -0.3 is 19.9 Å². The van der Waals surface area contributed by atoms with Crippen LogP contribution in [0.4, 0.5) is 8.78 Å². The third-order valence-electron chi connectivity index (χ3n) is 4.19. The van der Waals surface area contributed by atoms with Crippen molar-refractivity contribution in [2.75, 3.05) is 6.61 Å². The van der Waals surface area contributed by atoms with Crippen molar-refractivity contribution in [1.82, 2.24) is 10.2 Å². The van der Waals surface area contributed by atoms with Crippen molar-refractivity contribution >= 4 is 0 Å². The van der Waals surface area contributed by atoms with Crippen molar-refractivity contribution in [3.05, 3.63) is 46.5 Å². The molecule has 0 bridgehead atoms. The first-order chi connectivity index (χ1) is 13.0. The monoisotopic (exact) mass is 376 g/mol. The summed E-state index contributed by atoms with van der Waals surface area (Å²) in [5.74, 6) is -0.247. The van der Waals surface area contributed by atoms with Gasteiger partial charge in [-0.2, -0.15) is 14.0 Å². The fourth-order valence-electron chi connectivity index (χ4n) is 3.08. The summed E-state index contributed by atoms with van der Waals surface area (Å²) in [5.41, 5.74) is 8.22. The number of fused-ring (bicyclic) bond motifs is 1. The van der Waals surface area contributed by atoms with E-state index in [1.807, 2.05) is 6.92 Å². The van der Waals surface area contributed by atoms with E-state index in [1.165, 1.54) is 6.07 Å². The third kappa shape index (κ3) is 3.38. The Hall–Kier alpha value is -3.28. The molecule has 27 heavy (non-hydrogen) atoms. The number of nitrogens with zero attached hydrogens (tertiary/aromatic N) is 2. The van der Waals surface area contributed by atoms with E-state index in [2.05, 4.69) is 21.0 Å². The van der Waals surface area contributed by atoms with Crippen LogP contribution in [0.5, 0.6) is 17.4 Å². The van der Waals surface area contributed by atoms with E-state index >= 15 is 0 Å².